The Balaban J connectivity index is 2.07. The van der Waals surface area contributed by atoms with Crippen molar-refractivity contribution in [2.45, 2.75) is 26.2 Å². The van der Waals surface area contributed by atoms with Crippen LogP contribution in [0.25, 0.3) is 17.8 Å². The van der Waals surface area contributed by atoms with Gasteiger partial charge in [-0.1, -0.05) is 45.1 Å². The molecule has 2 aromatic carbocycles. The zero-order chi connectivity index (χ0) is 23.5. The molecule has 3 aromatic rings. The number of anilines is 1. The second kappa shape index (κ2) is 9.00. The van der Waals surface area contributed by atoms with Gasteiger partial charge >= 0.3 is 0 Å². The average molecular weight is 454 g/mol. The van der Waals surface area contributed by atoms with Crippen LogP contribution in [0.2, 0.25) is 0 Å². The Bertz CT molecular complexity index is 1300. The Morgan fingerprint density at radius 1 is 1.09 bits per heavy atom. The molecule has 0 bridgehead atoms. The number of methoxy groups -OCH3 is 1. The summed E-state index contributed by atoms with van der Waals surface area (Å²) < 4.78 is 32.5. The molecule has 3 rings (SSSR count). The standard InChI is InChI=1S/C24H27N3O4S/c1-24(2,3)21-15-20(27-13-12-25-16-22(27)28)14-18(23(21)31-4)9-6-17-7-10-19(11-8-17)26-32(5,29)30/h6-16,26H,1-5H3/b9-6+. The lowest BCUT2D eigenvalue weighted by molar-refractivity contribution is 0.396. The van der Waals surface area contributed by atoms with E-state index in [1.807, 2.05) is 36.4 Å². The third kappa shape index (κ3) is 5.64. The van der Waals surface area contributed by atoms with Crippen LogP contribution in [0.5, 0.6) is 5.75 Å². The molecule has 168 valence electrons. The third-order valence-electron chi connectivity index (χ3n) is 4.79. The first kappa shape index (κ1) is 23.3. The summed E-state index contributed by atoms with van der Waals surface area (Å²) in [6.45, 7) is 6.26. The number of sulfonamides is 1. The van der Waals surface area contributed by atoms with Gasteiger partial charge in [0.25, 0.3) is 5.56 Å². The van der Waals surface area contributed by atoms with E-state index < -0.39 is 10.0 Å². The van der Waals surface area contributed by atoms with Crippen molar-refractivity contribution in [3.05, 3.63) is 82.0 Å². The molecule has 7 nitrogen and oxygen atoms in total. The van der Waals surface area contributed by atoms with Crippen LogP contribution in [-0.4, -0.2) is 31.3 Å². The Morgan fingerprint density at radius 2 is 1.78 bits per heavy atom. The third-order valence-corrected chi connectivity index (χ3v) is 5.39. The topological polar surface area (TPSA) is 90.3 Å². The maximum atomic E-state index is 12.4. The lowest BCUT2D eigenvalue weighted by Gasteiger charge is -2.25. The quantitative estimate of drug-likeness (QED) is 0.568. The van der Waals surface area contributed by atoms with Crippen LogP contribution in [0.3, 0.4) is 0 Å². The number of benzene rings is 2. The minimum Gasteiger partial charge on any atom is -0.496 e. The van der Waals surface area contributed by atoms with Gasteiger partial charge in [-0.3, -0.25) is 19.1 Å². The number of nitrogens with one attached hydrogen (secondary N) is 1. The Morgan fingerprint density at radius 3 is 2.34 bits per heavy atom. The average Bonchev–Trinajstić information content (AvgIpc) is 2.71. The summed E-state index contributed by atoms with van der Waals surface area (Å²) in [5.74, 6) is 0.731. The van der Waals surface area contributed by atoms with E-state index in [1.54, 1.807) is 36.2 Å². The molecular weight excluding hydrogens is 426 g/mol. The van der Waals surface area contributed by atoms with Gasteiger partial charge in [-0.25, -0.2) is 8.42 Å². The fourth-order valence-corrected chi connectivity index (χ4v) is 3.87. The van der Waals surface area contributed by atoms with E-state index in [4.69, 9.17) is 4.74 Å². The van der Waals surface area contributed by atoms with Crippen molar-refractivity contribution >= 4 is 27.9 Å². The monoisotopic (exact) mass is 453 g/mol. The summed E-state index contributed by atoms with van der Waals surface area (Å²) >= 11 is 0. The van der Waals surface area contributed by atoms with Gasteiger partial charge in [0.2, 0.25) is 10.0 Å². The SMILES string of the molecule is COc1c(/C=C/c2ccc(NS(C)(=O)=O)cc2)cc(-n2ccncc2=O)cc1C(C)(C)C. The van der Waals surface area contributed by atoms with Crippen molar-refractivity contribution in [1.82, 2.24) is 9.55 Å². The minimum absolute atomic E-state index is 0.221. The van der Waals surface area contributed by atoms with Gasteiger partial charge in [0.15, 0.2) is 0 Å². The second-order valence-electron chi connectivity index (χ2n) is 8.48. The summed E-state index contributed by atoms with van der Waals surface area (Å²) in [7, 11) is -1.69. The highest BCUT2D eigenvalue weighted by atomic mass is 32.2. The predicted molar refractivity (Wildman–Crippen MR) is 129 cm³/mol. The highest BCUT2D eigenvalue weighted by Crippen LogP contribution is 2.37. The molecule has 0 aliphatic rings. The van der Waals surface area contributed by atoms with Crippen molar-refractivity contribution in [2.75, 3.05) is 18.1 Å². The van der Waals surface area contributed by atoms with Crippen molar-refractivity contribution in [2.24, 2.45) is 0 Å². The maximum absolute atomic E-state index is 12.4. The summed E-state index contributed by atoms with van der Waals surface area (Å²) in [5.41, 5.74) is 3.44. The van der Waals surface area contributed by atoms with E-state index in [2.05, 4.69) is 30.5 Å². The largest absolute Gasteiger partial charge is 0.496 e. The molecule has 0 radical (unpaired) electrons. The van der Waals surface area contributed by atoms with Gasteiger partial charge in [0, 0.05) is 34.9 Å². The van der Waals surface area contributed by atoms with Gasteiger partial charge in [-0.2, -0.15) is 0 Å². The van der Waals surface area contributed by atoms with E-state index in [1.165, 1.54) is 6.20 Å². The number of aromatic nitrogens is 2. The van der Waals surface area contributed by atoms with E-state index in [0.717, 1.165) is 34.4 Å². The number of rotatable bonds is 6. The fourth-order valence-electron chi connectivity index (χ4n) is 3.31. The Kier molecular flexibility index (Phi) is 6.55. The molecule has 1 aromatic heterocycles. The number of hydrogen-bond acceptors (Lipinski definition) is 5. The van der Waals surface area contributed by atoms with Crippen molar-refractivity contribution in [1.29, 1.82) is 0 Å². The van der Waals surface area contributed by atoms with Crippen LogP contribution in [0, 0.1) is 0 Å². The van der Waals surface area contributed by atoms with Crippen LogP contribution in [0.4, 0.5) is 5.69 Å². The lowest BCUT2D eigenvalue weighted by atomic mass is 9.84. The van der Waals surface area contributed by atoms with Crippen LogP contribution >= 0.6 is 0 Å². The van der Waals surface area contributed by atoms with Gasteiger partial charge in [0.1, 0.15) is 5.75 Å². The first-order chi connectivity index (χ1) is 15.0. The zero-order valence-corrected chi connectivity index (χ0v) is 19.6. The maximum Gasteiger partial charge on any atom is 0.273 e. The van der Waals surface area contributed by atoms with E-state index >= 15 is 0 Å². The normalized spacial score (nSPS) is 12.2. The molecule has 0 saturated carbocycles. The molecule has 0 amide bonds. The molecule has 1 heterocycles. The van der Waals surface area contributed by atoms with E-state index in [-0.39, 0.29) is 11.0 Å². The van der Waals surface area contributed by atoms with Gasteiger partial charge in [0.05, 0.1) is 19.6 Å². The molecule has 1 N–H and O–H groups in total. The molecule has 0 saturated heterocycles. The molecule has 32 heavy (non-hydrogen) atoms. The molecule has 0 aliphatic heterocycles. The number of hydrogen-bond donors (Lipinski definition) is 1. The zero-order valence-electron chi connectivity index (χ0n) is 18.8. The van der Waals surface area contributed by atoms with E-state index in [0.29, 0.717) is 5.69 Å². The van der Waals surface area contributed by atoms with Gasteiger partial charge < -0.3 is 4.74 Å². The van der Waals surface area contributed by atoms with Gasteiger partial charge in [-0.05, 0) is 35.2 Å². The number of ether oxygens (including phenoxy) is 1. The van der Waals surface area contributed by atoms with Crippen LogP contribution in [0.15, 0.2) is 59.8 Å². The predicted octanol–water partition coefficient (Wildman–Crippen LogP) is 4.08. The molecule has 0 atom stereocenters. The van der Waals surface area contributed by atoms with Crippen molar-refractivity contribution < 1.29 is 13.2 Å². The lowest BCUT2D eigenvalue weighted by Crippen LogP contribution is -2.19. The highest BCUT2D eigenvalue weighted by Gasteiger charge is 2.22. The van der Waals surface area contributed by atoms with Gasteiger partial charge in [-0.15, -0.1) is 0 Å². The van der Waals surface area contributed by atoms with Crippen LogP contribution in [0.1, 0.15) is 37.5 Å². The smallest absolute Gasteiger partial charge is 0.273 e. The fraction of sp³-hybridized carbons (Fsp3) is 0.250. The highest BCUT2D eigenvalue weighted by molar-refractivity contribution is 7.92. The first-order valence-electron chi connectivity index (χ1n) is 9.99. The molecular formula is C24H27N3O4S. The summed E-state index contributed by atoms with van der Waals surface area (Å²) in [6.07, 6.45) is 9.43. The van der Waals surface area contributed by atoms with Crippen LogP contribution < -0.4 is 15.0 Å². The summed E-state index contributed by atoms with van der Waals surface area (Å²) in [6, 6.07) is 10.9. The molecule has 0 aliphatic carbocycles. The van der Waals surface area contributed by atoms with E-state index in [9.17, 15) is 13.2 Å². The number of nitrogens with zero attached hydrogens (tertiary/aromatic N) is 2. The molecule has 0 spiro atoms. The summed E-state index contributed by atoms with van der Waals surface area (Å²) in [4.78, 5) is 16.2. The van der Waals surface area contributed by atoms with Crippen molar-refractivity contribution in [3.63, 3.8) is 0 Å². The molecule has 0 fully saturated rings. The Hall–Kier alpha value is -3.39. The summed E-state index contributed by atoms with van der Waals surface area (Å²) in [5, 5.41) is 0. The van der Waals surface area contributed by atoms with Crippen LogP contribution in [-0.2, 0) is 15.4 Å². The van der Waals surface area contributed by atoms with Crippen molar-refractivity contribution in [3.8, 4) is 11.4 Å². The minimum atomic E-state index is -3.32. The Labute approximate surface area is 188 Å². The molecule has 0 unspecified atom stereocenters. The molecule has 8 heteroatoms. The first-order valence-corrected chi connectivity index (χ1v) is 11.9. The second-order valence-corrected chi connectivity index (χ2v) is 10.2.